The molecule has 0 bridgehead atoms. The third kappa shape index (κ3) is 5.76. The molecule has 0 aliphatic carbocycles. The second-order valence-electron chi connectivity index (χ2n) is 16.4. The summed E-state index contributed by atoms with van der Waals surface area (Å²) in [5.41, 5.74) is 17.2. The van der Waals surface area contributed by atoms with E-state index in [4.69, 9.17) is 0 Å². The molecule has 9 aromatic carbocycles. The first kappa shape index (κ1) is 37.0. The minimum absolute atomic E-state index is 0.0187. The lowest BCUT2D eigenvalue weighted by Crippen LogP contribution is -2.61. The van der Waals surface area contributed by atoms with Crippen molar-refractivity contribution in [2.75, 3.05) is 9.80 Å². The summed E-state index contributed by atoms with van der Waals surface area (Å²) in [7, 11) is 0. The van der Waals surface area contributed by atoms with E-state index in [2.05, 4.69) is 178 Å². The predicted molar refractivity (Wildman–Crippen MR) is 255 cm³/mol. The molecule has 0 N–H and O–H groups in total. The van der Waals surface area contributed by atoms with Gasteiger partial charge in [0.2, 0.25) is 0 Å². The van der Waals surface area contributed by atoms with Crippen LogP contribution in [0, 0.1) is 6.92 Å². The van der Waals surface area contributed by atoms with E-state index in [1.807, 2.05) is 24.3 Å². The molecule has 300 valence electrons. The fourth-order valence-electron chi connectivity index (χ4n) is 10.2. The molecule has 3 heterocycles. The van der Waals surface area contributed by atoms with E-state index in [9.17, 15) is 13.2 Å². The Hall–Kier alpha value is -7.77. The summed E-state index contributed by atoms with van der Waals surface area (Å²) in [5.74, 6) is 0. The molecule has 0 spiro atoms. The summed E-state index contributed by atoms with van der Waals surface area (Å²) in [5, 5.41) is 2.18. The van der Waals surface area contributed by atoms with Gasteiger partial charge in [0.15, 0.2) is 0 Å². The van der Waals surface area contributed by atoms with Crippen molar-refractivity contribution in [3.8, 4) is 27.9 Å². The lowest BCUT2D eigenvalue weighted by molar-refractivity contribution is -0.137. The van der Waals surface area contributed by atoms with Gasteiger partial charge in [0, 0.05) is 50.5 Å². The smallest absolute Gasteiger partial charge is 0.311 e. The lowest BCUT2D eigenvalue weighted by Gasteiger charge is -2.44. The van der Waals surface area contributed by atoms with Crippen molar-refractivity contribution in [1.29, 1.82) is 0 Å². The third-order valence-corrected chi connectivity index (χ3v) is 12.9. The molecule has 0 fully saturated rings. The molecular formula is C56H37BF3N3. The monoisotopic (exact) mass is 819 g/mol. The highest BCUT2D eigenvalue weighted by Crippen LogP contribution is 2.47. The number of aromatic nitrogens is 1. The van der Waals surface area contributed by atoms with Gasteiger partial charge < -0.3 is 14.4 Å². The first-order valence-corrected chi connectivity index (χ1v) is 21.2. The third-order valence-electron chi connectivity index (χ3n) is 12.9. The maximum Gasteiger partial charge on any atom is 0.416 e. The van der Waals surface area contributed by atoms with Crippen molar-refractivity contribution in [3.63, 3.8) is 0 Å². The number of fused-ring (bicyclic) bond motifs is 7. The van der Waals surface area contributed by atoms with Crippen LogP contribution in [-0.4, -0.2) is 11.3 Å². The molecule has 3 nitrogen and oxygen atoms in total. The van der Waals surface area contributed by atoms with E-state index in [0.29, 0.717) is 5.56 Å². The van der Waals surface area contributed by atoms with E-state index in [0.717, 1.165) is 83.9 Å². The quantitative estimate of drug-likeness (QED) is 0.160. The fourth-order valence-corrected chi connectivity index (χ4v) is 10.2. The zero-order chi connectivity index (χ0) is 42.4. The van der Waals surface area contributed by atoms with Crippen LogP contribution in [0.2, 0.25) is 0 Å². The molecule has 2 aliphatic rings. The highest BCUT2D eigenvalue weighted by Gasteiger charge is 2.43. The second-order valence-corrected chi connectivity index (χ2v) is 16.4. The fraction of sp³-hybridized carbons (Fsp3) is 0.0357. The largest absolute Gasteiger partial charge is 0.416 e. The molecule has 0 saturated carbocycles. The number of hydrogen-bond acceptors (Lipinski definition) is 2. The molecule has 1 aromatic heterocycles. The van der Waals surface area contributed by atoms with Crippen molar-refractivity contribution < 1.29 is 13.2 Å². The van der Waals surface area contributed by atoms with Crippen LogP contribution in [0.3, 0.4) is 0 Å². The van der Waals surface area contributed by atoms with Crippen LogP contribution in [0.5, 0.6) is 0 Å². The summed E-state index contributed by atoms with van der Waals surface area (Å²) in [6.45, 7) is 1.77. The summed E-state index contributed by atoms with van der Waals surface area (Å²) < 4.78 is 43.5. The number of anilines is 6. The Morgan fingerprint density at radius 3 is 1.57 bits per heavy atom. The number of alkyl halides is 3. The van der Waals surface area contributed by atoms with Crippen LogP contribution < -0.4 is 26.2 Å². The maximum absolute atomic E-state index is 13.8. The standard InChI is InChI=1S/C56H37BF3N3/c1-36-32-39(56(58,59)60)29-30-42(36)43-20-8-12-24-48(43)63-49-25-13-9-21-44(49)45-33-37(28-31-50(45)63)38-34-53-55-54(35-38)62(41-18-6-3-7-19-41)52-27-15-11-23-47(52)57(55)46-22-10-14-26-51(46)61(53)40-16-4-2-5-17-40/h2-35H,1H3. The topological polar surface area (TPSA) is 11.4 Å². The Balaban J connectivity index is 1.10. The number of rotatable bonds is 5. The molecule has 0 radical (unpaired) electrons. The van der Waals surface area contributed by atoms with Gasteiger partial charge in [-0.25, -0.2) is 0 Å². The van der Waals surface area contributed by atoms with Gasteiger partial charge in [-0.15, -0.1) is 0 Å². The summed E-state index contributed by atoms with van der Waals surface area (Å²) in [6, 6.07) is 70.8. The lowest BCUT2D eigenvalue weighted by atomic mass is 9.33. The predicted octanol–water partition coefficient (Wildman–Crippen LogP) is 13.5. The number of aryl methyl sites for hydroxylation is 1. The van der Waals surface area contributed by atoms with Crippen LogP contribution in [0.4, 0.5) is 47.3 Å². The van der Waals surface area contributed by atoms with Gasteiger partial charge in [-0.3, -0.25) is 0 Å². The molecule has 0 atom stereocenters. The van der Waals surface area contributed by atoms with Crippen molar-refractivity contribution in [2.45, 2.75) is 13.1 Å². The SMILES string of the molecule is Cc1cc(C(F)(F)F)ccc1-c1ccccc1-n1c2ccccc2c2cc(-c3cc4c5c(c3)N(c3ccccc3)c3ccccc3B5c3ccccc3N4c3ccccc3)ccc21. The Kier molecular flexibility index (Phi) is 8.32. The average Bonchev–Trinajstić information content (AvgIpc) is 3.65. The maximum atomic E-state index is 13.8. The highest BCUT2D eigenvalue weighted by atomic mass is 19.4. The molecule has 12 rings (SSSR count). The van der Waals surface area contributed by atoms with Crippen LogP contribution in [-0.2, 0) is 6.18 Å². The minimum Gasteiger partial charge on any atom is -0.311 e. The Morgan fingerprint density at radius 1 is 0.413 bits per heavy atom. The normalized spacial score (nSPS) is 13.0. The molecule has 7 heteroatoms. The number of nitrogens with zero attached hydrogens (tertiary/aromatic N) is 3. The van der Waals surface area contributed by atoms with E-state index >= 15 is 0 Å². The van der Waals surface area contributed by atoms with Gasteiger partial charge in [-0.2, -0.15) is 13.2 Å². The number of para-hydroxylation sites is 6. The first-order chi connectivity index (χ1) is 30.8. The Labute approximate surface area is 363 Å². The van der Waals surface area contributed by atoms with Crippen molar-refractivity contribution >= 4 is 79.0 Å². The van der Waals surface area contributed by atoms with Crippen LogP contribution in [0.25, 0.3) is 49.7 Å². The zero-order valence-electron chi connectivity index (χ0n) is 34.2. The zero-order valence-corrected chi connectivity index (χ0v) is 34.2. The first-order valence-electron chi connectivity index (χ1n) is 21.2. The molecule has 0 unspecified atom stereocenters. The van der Waals surface area contributed by atoms with E-state index < -0.39 is 11.7 Å². The summed E-state index contributed by atoms with van der Waals surface area (Å²) >= 11 is 0. The Morgan fingerprint density at radius 2 is 0.952 bits per heavy atom. The van der Waals surface area contributed by atoms with Crippen molar-refractivity contribution in [2.24, 2.45) is 0 Å². The van der Waals surface area contributed by atoms with Crippen LogP contribution in [0.15, 0.2) is 206 Å². The second kappa shape index (κ2) is 14.1. The van der Waals surface area contributed by atoms with E-state index in [1.165, 1.54) is 28.5 Å². The van der Waals surface area contributed by atoms with Gasteiger partial charge in [0.05, 0.1) is 22.3 Å². The molecule has 10 aromatic rings. The van der Waals surface area contributed by atoms with Crippen LogP contribution in [0.1, 0.15) is 11.1 Å². The molecule has 2 aliphatic heterocycles. The van der Waals surface area contributed by atoms with E-state index in [-0.39, 0.29) is 6.71 Å². The minimum atomic E-state index is -4.42. The number of benzene rings is 9. The van der Waals surface area contributed by atoms with Crippen molar-refractivity contribution in [1.82, 2.24) is 4.57 Å². The van der Waals surface area contributed by atoms with Gasteiger partial charge in [0.25, 0.3) is 6.71 Å². The summed E-state index contributed by atoms with van der Waals surface area (Å²) in [6.07, 6.45) is -4.42. The average molecular weight is 820 g/mol. The van der Waals surface area contributed by atoms with Crippen LogP contribution >= 0.6 is 0 Å². The highest BCUT2D eigenvalue weighted by molar-refractivity contribution is 7.00. The summed E-state index contributed by atoms with van der Waals surface area (Å²) in [4.78, 5) is 4.85. The molecule has 0 saturated heterocycles. The Bertz CT molecular complexity index is 3320. The molecule has 63 heavy (non-hydrogen) atoms. The van der Waals surface area contributed by atoms with Crippen molar-refractivity contribution in [3.05, 3.63) is 217 Å². The molecular weight excluding hydrogens is 782 g/mol. The van der Waals surface area contributed by atoms with E-state index in [1.54, 1.807) is 13.0 Å². The number of hydrogen-bond donors (Lipinski definition) is 0. The van der Waals surface area contributed by atoms with Gasteiger partial charge in [-0.05, 0) is 130 Å². The van der Waals surface area contributed by atoms with Gasteiger partial charge in [-0.1, -0.05) is 121 Å². The molecule has 0 amide bonds. The van der Waals surface area contributed by atoms with Gasteiger partial charge >= 0.3 is 6.18 Å². The number of halogens is 3. The van der Waals surface area contributed by atoms with Gasteiger partial charge in [0.1, 0.15) is 0 Å².